The summed E-state index contributed by atoms with van der Waals surface area (Å²) < 4.78 is 0. The van der Waals surface area contributed by atoms with Crippen LogP contribution in [0, 0.1) is 0 Å². The van der Waals surface area contributed by atoms with E-state index in [0.29, 0.717) is 12.6 Å². The summed E-state index contributed by atoms with van der Waals surface area (Å²) >= 11 is 3.58. The molecule has 2 aliphatic rings. The smallest absolute Gasteiger partial charge is 0.259 e. The summed E-state index contributed by atoms with van der Waals surface area (Å²) in [7, 11) is 0. The third kappa shape index (κ3) is 2.20. The molecule has 0 unspecified atom stereocenters. The molecule has 124 valence electrons. The molecule has 1 atom stereocenters. The van der Waals surface area contributed by atoms with Gasteiger partial charge in [0.25, 0.3) is 5.56 Å². The van der Waals surface area contributed by atoms with Crippen LogP contribution in [0.3, 0.4) is 0 Å². The Morgan fingerprint density at radius 1 is 1.33 bits per heavy atom. The van der Waals surface area contributed by atoms with Crippen LogP contribution in [-0.2, 0) is 25.8 Å². The zero-order chi connectivity index (χ0) is 16.3. The second kappa shape index (κ2) is 5.51. The lowest BCUT2D eigenvalue weighted by Crippen LogP contribution is -2.33. The summed E-state index contributed by atoms with van der Waals surface area (Å²) in [4.78, 5) is 26.7. The van der Waals surface area contributed by atoms with E-state index in [1.807, 2.05) is 11.3 Å². The van der Waals surface area contributed by atoms with Gasteiger partial charge in [0.1, 0.15) is 10.7 Å². The summed E-state index contributed by atoms with van der Waals surface area (Å²) in [5.74, 6) is 0.804. The van der Waals surface area contributed by atoms with Crippen molar-refractivity contribution in [2.75, 3.05) is 6.54 Å². The topological polar surface area (TPSA) is 49.0 Å². The Bertz CT molecular complexity index is 984. The Morgan fingerprint density at radius 3 is 3.17 bits per heavy atom. The van der Waals surface area contributed by atoms with Gasteiger partial charge >= 0.3 is 0 Å². The fourth-order valence-corrected chi connectivity index (χ4v) is 6.34. The first kappa shape index (κ1) is 14.8. The summed E-state index contributed by atoms with van der Waals surface area (Å²) in [6.07, 6.45) is 4.41. The third-order valence-corrected chi connectivity index (χ3v) is 7.56. The van der Waals surface area contributed by atoms with E-state index in [0.717, 1.165) is 41.8 Å². The molecule has 4 heterocycles. The van der Waals surface area contributed by atoms with Crippen molar-refractivity contribution in [3.63, 3.8) is 0 Å². The minimum Gasteiger partial charge on any atom is -0.309 e. The predicted molar refractivity (Wildman–Crippen MR) is 99.1 cm³/mol. The van der Waals surface area contributed by atoms with Crippen molar-refractivity contribution < 1.29 is 0 Å². The molecule has 0 spiro atoms. The standard InChI is InChI=1S/C18H19N3OS2/c1-10-11-6-8-23-13(11)5-7-21(10)9-15-19-17(22)16-12-3-2-4-14(12)24-18(16)20-15/h6,8,10H,2-5,7,9H2,1H3,(H,19,20,22)/t10-/m0/s1. The molecular weight excluding hydrogens is 338 g/mol. The van der Waals surface area contributed by atoms with Crippen molar-refractivity contribution in [2.24, 2.45) is 0 Å². The maximum Gasteiger partial charge on any atom is 0.259 e. The molecule has 0 fully saturated rings. The number of fused-ring (bicyclic) bond motifs is 4. The highest BCUT2D eigenvalue weighted by Gasteiger charge is 2.26. The molecule has 0 radical (unpaired) electrons. The number of hydrogen-bond donors (Lipinski definition) is 1. The van der Waals surface area contributed by atoms with Crippen molar-refractivity contribution in [1.82, 2.24) is 14.9 Å². The second-order valence-electron chi connectivity index (χ2n) is 6.75. The van der Waals surface area contributed by atoms with E-state index in [4.69, 9.17) is 4.98 Å². The minimum atomic E-state index is 0.0512. The van der Waals surface area contributed by atoms with Gasteiger partial charge in [-0.15, -0.1) is 22.7 Å². The first-order valence-electron chi connectivity index (χ1n) is 8.54. The predicted octanol–water partition coefficient (Wildman–Crippen LogP) is 3.65. The average Bonchev–Trinajstić information content (AvgIpc) is 3.24. The van der Waals surface area contributed by atoms with Gasteiger partial charge < -0.3 is 4.98 Å². The Balaban J connectivity index is 1.49. The van der Waals surface area contributed by atoms with Crippen LogP contribution in [0.25, 0.3) is 10.2 Å². The van der Waals surface area contributed by atoms with Gasteiger partial charge in [-0.05, 0) is 55.2 Å². The van der Waals surface area contributed by atoms with Gasteiger partial charge in [-0.3, -0.25) is 9.69 Å². The number of hydrogen-bond acceptors (Lipinski definition) is 5. The summed E-state index contributed by atoms with van der Waals surface area (Å²) in [6.45, 7) is 3.99. The first-order valence-corrected chi connectivity index (χ1v) is 10.2. The summed E-state index contributed by atoms with van der Waals surface area (Å²) in [5, 5.41) is 3.03. The molecule has 4 nitrogen and oxygen atoms in total. The number of aromatic amines is 1. The summed E-state index contributed by atoms with van der Waals surface area (Å²) in [5.41, 5.74) is 2.74. The number of rotatable bonds is 2. The molecule has 6 heteroatoms. The van der Waals surface area contributed by atoms with E-state index in [-0.39, 0.29) is 5.56 Å². The number of aryl methyl sites for hydroxylation is 2. The lowest BCUT2D eigenvalue weighted by molar-refractivity contribution is 0.186. The van der Waals surface area contributed by atoms with E-state index >= 15 is 0 Å². The molecule has 1 aliphatic carbocycles. The number of nitrogens with one attached hydrogen (secondary N) is 1. The molecule has 0 amide bonds. The maximum atomic E-state index is 12.6. The van der Waals surface area contributed by atoms with Gasteiger partial charge in [-0.2, -0.15) is 0 Å². The van der Waals surface area contributed by atoms with E-state index in [1.165, 1.54) is 27.3 Å². The largest absolute Gasteiger partial charge is 0.309 e. The van der Waals surface area contributed by atoms with Crippen LogP contribution in [-0.4, -0.2) is 21.4 Å². The van der Waals surface area contributed by atoms with Crippen LogP contribution in [0.15, 0.2) is 16.2 Å². The Hall–Kier alpha value is -1.50. The first-order chi connectivity index (χ1) is 11.7. The second-order valence-corrected chi connectivity index (χ2v) is 8.83. The van der Waals surface area contributed by atoms with E-state index < -0.39 is 0 Å². The average molecular weight is 358 g/mol. The highest BCUT2D eigenvalue weighted by atomic mass is 32.1. The van der Waals surface area contributed by atoms with Crippen molar-refractivity contribution in [3.05, 3.63) is 48.5 Å². The van der Waals surface area contributed by atoms with Crippen molar-refractivity contribution in [1.29, 1.82) is 0 Å². The van der Waals surface area contributed by atoms with Crippen LogP contribution in [0.2, 0.25) is 0 Å². The van der Waals surface area contributed by atoms with Crippen molar-refractivity contribution >= 4 is 32.9 Å². The molecule has 5 rings (SSSR count). The molecular formula is C18H19N3OS2. The molecule has 0 bridgehead atoms. The zero-order valence-corrected chi connectivity index (χ0v) is 15.2. The number of aromatic nitrogens is 2. The Morgan fingerprint density at radius 2 is 2.25 bits per heavy atom. The van der Waals surface area contributed by atoms with E-state index in [2.05, 4.69) is 28.3 Å². The SMILES string of the molecule is C[C@H]1c2ccsc2CCN1Cc1nc2sc3c(c2c(=O)[nH]1)CCC3. The number of thiophene rings is 2. The van der Waals surface area contributed by atoms with Crippen LogP contribution < -0.4 is 5.56 Å². The lowest BCUT2D eigenvalue weighted by atomic mass is 10.0. The zero-order valence-electron chi connectivity index (χ0n) is 13.6. The van der Waals surface area contributed by atoms with Gasteiger partial charge in [-0.1, -0.05) is 0 Å². The van der Waals surface area contributed by atoms with Gasteiger partial charge in [0, 0.05) is 22.3 Å². The molecule has 1 N–H and O–H groups in total. The molecule has 1 aliphatic heterocycles. The lowest BCUT2D eigenvalue weighted by Gasteiger charge is -2.33. The third-order valence-electron chi connectivity index (χ3n) is 5.38. The fourth-order valence-electron chi connectivity index (χ4n) is 4.09. The normalized spacial score (nSPS) is 20.5. The number of nitrogens with zero attached hydrogens (tertiary/aromatic N) is 2. The van der Waals surface area contributed by atoms with Gasteiger partial charge in [0.2, 0.25) is 0 Å². The highest BCUT2D eigenvalue weighted by molar-refractivity contribution is 7.18. The molecule has 0 saturated carbocycles. The maximum absolute atomic E-state index is 12.6. The quantitative estimate of drug-likeness (QED) is 0.761. The number of H-pyrrole nitrogens is 1. The Kier molecular flexibility index (Phi) is 3.40. The molecule has 24 heavy (non-hydrogen) atoms. The molecule has 3 aromatic rings. The summed E-state index contributed by atoms with van der Waals surface area (Å²) in [6, 6.07) is 2.62. The van der Waals surface area contributed by atoms with Crippen LogP contribution in [0.4, 0.5) is 0 Å². The molecule has 0 saturated heterocycles. The van der Waals surface area contributed by atoms with Gasteiger partial charge in [0.15, 0.2) is 0 Å². The van der Waals surface area contributed by atoms with Crippen LogP contribution >= 0.6 is 22.7 Å². The van der Waals surface area contributed by atoms with Crippen LogP contribution in [0.5, 0.6) is 0 Å². The van der Waals surface area contributed by atoms with Crippen LogP contribution in [0.1, 0.15) is 46.1 Å². The minimum absolute atomic E-state index is 0.0512. The van der Waals surface area contributed by atoms with Gasteiger partial charge in [-0.25, -0.2) is 4.98 Å². The Labute approximate surface area is 148 Å². The van der Waals surface area contributed by atoms with E-state index in [9.17, 15) is 4.79 Å². The molecule has 3 aromatic heterocycles. The van der Waals surface area contributed by atoms with E-state index in [1.54, 1.807) is 11.3 Å². The van der Waals surface area contributed by atoms with Crippen molar-refractivity contribution in [2.45, 2.75) is 45.2 Å². The van der Waals surface area contributed by atoms with Gasteiger partial charge in [0.05, 0.1) is 11.9 Å². The molecule has 0 aromatic carbocycles. The monoisotopic (exact) mass is 357 g/mol. The highest BCUT2D eigenvalue weighted by Crippen LogP contribution is 2.35. The van der Waals surface area contributed by atoms with Crippen molar-refractivity contribution in [3.8, 4) is 0 Å². The fraction of sp³-hybridized carbons (Fsp3) is 0.444.